The Balaban J connectivity index is 1.61. The number of nitrogens with zero attached hydrogens (tertiary/aromatic N) is 1. The van der Waals surface area contributed by atoms with E-state index in [2.05, 4.69) is 30.5 Å². The van der Waals surface area contributed by atoms with Crippen LogP contribution in [0.1, 0.15) is 45.8 Å². The van der Waals surface area contributed by atoms with Gasteiger partial charge in [0.2, 0.25) is 0 Å². The Labute approximate surface area is 153 Å². The molecule has 2 aromatic carbocycles. The summed E-state index contributed by atoms with van der Waals surface area (Å²) in [6.07, 6.45) is 3.53. The maximum absolute atomic E-state index is 12.8. The molecule has 1 amide bonds. The molecule has 2 heterocycles. The zero-order valence-electron chi connectivity index (χ0n) is 14.8. The van der Waals surface area contributed by atoms with Crippen LogP contribution in [0.15, 0.2) is 71.3 Å². The van der Waals surface area contributed by atoms with Crippen LogP contribution < -0.4 is 5.43 Å². The van der Waals surface area contributed by atoms with Crippen molar-refractivity contribution in [3.8, 4) is 0 Å². The molecule has 1 N–H and O–H groups in total. The summed E-state index contributed by atoms with van der Waals surface area (Å²) in [5.41, 5.74) is 7.45. The van der Waals surface area contributed by atoms with Gasteiger partial charge in [0, 0.05) is 12.1 Å². The molecule has 1 unspecified atom stereocenters. The Hall–Kier alpha value is -2.85. The van der Waals surface area contributed by atoms with Crippen LogP contribution in [0.3, 0.4) is 0 Å². The van der Waals surface area contributed by atoms with E-state index in [1.54, 1.807) is 6.26 Å². The van der Waals surface area contributed by atoms with Crippen LogP contribution in [0.5, 0.6) is 0 Å². The van der Waals surface area contributed by atoms with Crippen molar-refractivity contribution in [2.75, 3.05) is 6.54 Å². The molecule has 0 aliphatic carbocycles. The van der Waals surface area contributed by atoms with Crippen LogP contribution in [0.25, 0.3) is 0 Å². The molecule has 3 aromatic rings. The summed E-state index contributed by atoms with van der Waals surface area (Å²) in [5, 5.41) is 1.98. The van der Waals surface area contributed by atoms with Crippen LogP contribution in [-0.2, 0) is 12.8 Å². The molecule has 0 spiro atoms. The number of nitrogens with one attached hydrogen (secondary N) is 1. The smallest absolute Gasteiger partial charge is 0.265 e. The maximum atomic E-state index is 12.8. The number of aryl methyl sites for hydroxylation is 1. The first-order chi connectivity index (χ1) is 12.8. The lowest BCUT2D eigenvalue weighted by Crippen LogP contribution is -2.48. The molecule has 1 atom stereocenters. The van der Waals surface area contributed by atoms with E-state index in [1.165, 1.54) is 16.7 Å². The standard InChI is InChI=1S/C22H22N2O2/c1-2-16-9-11-18(12-10-16)22(25)23-24-14-13-17-6-3-4-7-19(17)21(24)20-8-5-15-26-20/h3-12,15,21H,2,13-14H2,1H3,(H,23,25). The van der Waals surface area contributed by atoms with Crippen molar-refractivity contribution in [2.45, 2.75) is 25.8 Å². The number of amides is 1. The van der Waals surface area contributed by atoms with E-state index in [4.69, 9.17) is 4.42 Å². The summed E-state index contributed by atoms with van der Waals surface area (Å²) in [6.45, 7) is 2.84. The number of carbonyl (C=O) groups is 1. The lowest BCUT2D eigenvalue weighted by atomic mass is 9.92. The molecular weight excluding hydrogens is 324 g/mol. The van der Waals surface area contributed by atoms with Crippen LogP contribution in [0.2, 0.25) is 0 Å². The first kappa shape index (κ1) is 16.6. The van der Waals surface area contributed by atoms with Crippen LogP contribution in [-0.4, -0.2) is 17.5 Å². The van der Waals surface area contributed by atoms with Gasteiger partial charge in [-0.05, 0) is 53.8 Å². The third kappa shape index (κ3) is 3.16. The zero-order valence-corrected chi connectivity index (χ0v) is 14.8. The quantitative estimate of drug-likeness (QED) is 0.772. The van der Waals surface area contributed by atoms with Gasteiger partial charge in [-0.2, -0.15) is 0 Å². The van der Waals surface area contributed by atoms with Crippen LogP contribution >= 0.6 is 0 Å². The lowest BCUT2D eigenvalue weighted by Gasteiger charge is -2.36. The third-order valence-electron chi connectivity index (χ3n) is 4.97. The second kappa shape index (κ2) is 7.18. The summed E-state index contributed by atoms with van der Waals surface area (Å²) >= 11 is 0. The minimum Gasteiger partial charge on any atom is -0.467 e. The maximum Gasteiger partial charge on any atom is 0.265 e. The SMILES string of the molecule is CCc1ccc(C(=O)NN2CCc3ccccc3C2c2ccco2)cc1. The molecule has 1 aliphatic heterocycles. The Bertz CT molecular complexity index is 885. The van der Waals surface area contributed by atoms with Gasteiger partial charge in [-0.25, -0.2) is 5.01 Å². The van der Waals surface area contributed by atoms with Gasteiger partial charge >= 0.3 is 0 Å². The minimum absolute atomic E-state index is 0.0939. The molecule has 0 saturated carbocycles. The number of furan rings is 1. The Kier molecular flexibility index (Phi) is 4.59. The average molecular weight is 346 g/mol. The number of carbonyl (C=O) groups excluding carboxylic acids is 1. The van der Waals surface area contributed by atoms with Gasteiger partial charge in [-0.3, -0.25) is 10.2 Å². The van der Waals surface area contributed by atoms with E-state index >= 15 is 0 Å². The normalized spacial score (nSPS) is 16.9. The van der Waals surface area contributed by atoms with E-state index in [-0.39, 0.29) is 11.9 Å². The molecule has 4 nitrogen and oxygen atoms in total. The van der Waals surface area contributed by atoms with Crippen molar-refractivity contribution in [3.63, 3.8) is 0 Å². The fourth-order valence-corrected chi connectivity index (χ4v) is 3.53. The molecule has 26 heavy (non-hydrogen) atoms. The zero-order chi connectivity index (χ0) is 17.9. The minimum atomic E-state index is -0.117. The van der Waals surface area contributed by atoms with Crippen molar-refractivity contribution < 1.29 is 9.21 Å². The Morgan fingerprint density at radius 2 is 1.92 bits per heavy atom. The second-order valence-electron chi connectivity index (χ2n) is 6.55. The van der Waals surface area contributed by atoms with Gasteiger partial charge < -0.3 is 4.42 Å². The number of hydrogen-bond acceptors (Lipinski definition) is 3. The van der Waals surface area contributed by atoms with Crippen molar-refractivity contribution in [1.29, 1.82) is 0 Å². The fourth-order valence-electron chi connectivity index (χ4n) is 3.53. The summed E-state index contributed by atoms with van der Waals surface area (Å²) < 4.78 is 5.68. The van der Waals surface area contributed by atoms with E-state index in [0.29, 0.717) is 5.56 Å². The molecule has 0 saturated heterocycles. The Morgan fingerprint density at radius 1 is 1.12 bits per heavy atom. The number of hydrogen-bond donors (Lipinski definition) is 1. The molecule has 4 heteroatoms. The fraction of sp³-hybridized carbons (Fsp3) is 0.227. The highest BCUT2D eigenvalue weighted by Crippen LogP contribution is 2.34. The van der Waals surface area contributed by atoms with Crippen LogP contribution in [0, 0.1) is 0 Å². The number of benzene rings is 2. The molecule has 0 bridgehead atoms. The average Bonchev–Trinajstić information content (AvgIpc) is 3.22. The van der Waals surface area contributed by atoms with E-state index < -0.39 is 0 Å². The number of fused-ring (bicyclic) bond motifs is 1. The highest BCUT2D eigenvalue weighted by molar-refractivity contribution is 5.93. The van der Waals surface area contributed by atoms with E-state index in [1.807, 2.05) is 47.5 Å². The van der Waals surface area contributed by atoms with E-state index in [0.717, 1.165) is 25.1 Å². The molecule has 1 aliphatic rings. The van der Waals surface area contributed by atoms with Gasteiger partial charge in [0.05, 0.1) is 6.26 Å². The van der Waals surface area contributed by atoms with E-state index in [9.17, 15) is 4.79 Å². The number of hydrazine groups is 1. The first-order valence-electron chi connectivity index (χ1n) is 9.04. The van der Waals surface area contributed by atoms with Crippen molar-refractivity contribution in [1.82, 2.24) is 10.4 Å². The highest BCUT2D eigenvalue weighted by atomic mass is 16.3. The third-order valence-corrected chi connectivity index (χ3v) is 4.97. The molecule has 0 radical (unpaired) electrons. The Morgan fingerprint density at radius 3 is 2.65 bits per heavy atom. The molecule has 132 valence electrons. The number of rotatable bonds is 4. The summed E-state index contributed by atoms with van der Waals surface area (Å²) in [6, 6.07) is 19.8. The predicted molar refractivity (Wildman–Crippen MR) is 101 cm³/mol. The molecule has 4 rings (SSSR count). The van der Waals surface area contributed by atoms with Crippen molar-refractivity contribution in [3.05, 3.63) is 94.9 Å². The largest absolute Gasteiger partial charge is 0.467 e. The van der Waals surface area contributed by atoms with Gasteiger partial charge in [0.25, 0.3) is 5.91 Å². The van der Waals surface area contributed by atoms with Gasteiger partial charge in [-0.1, -0.05) is 43.3 Å². The van der Waals surface area contributed by atoms with Gasteiger partial charge in [0.1, 0.15) is 11.8 Å². The molecule has 1 aromatic heterocycles. The van der Waals surface area contributed by atoms with Crippen LogP contribution in [0.4, 0.5) is 0 Å². The molecular formula is C22H22N2O2. The topological polar surface area (TPSA) is 45.5 Å². The van der Waals surface area contributed by atoms with Gasteiger partial charge in [0.15, 0.2) is 0 Å². The highest BCUT2D eigenvalue weighted by Gasteiger charge is 2.31. The van der Waals surface area contributed by atoms with Crippen molar-refractivity contribution >= 4 is 5.91 Å². The van der Waals surface area contributed by atoms with Crippen molar-refractivity contribution in [2.24, 2.45) is 0 Å². The van der Waals surface area contributed by atoms with Gasteiger partial charge in [-0.15, -0.1) is 0 Å². The monoisotopic (exact) mass is 346 g/mol. The summed E-state index contributed by atoms with van der Waals surface area (Å²) in [5.74, 6) is 0.738. The second-order valence-corrected chi connectivity index (χ2v) is 6.55. The lowest BCUT2D eigenvalue weighted by molar-refractivity contribution is 0.0683. The summed E-state index contributed by atoms with van der Waals surface area (Å²) in [7, 11) is 0. The predicted octanol–water partition coefficient (Wildman–Crippen LogP) is 4.13. The summed E-state index contributed by atoms with van der Waals surface area (Å²) in [4.78, 5) is 12.8. The molecule has 0 fully saturated rings. The first-order valence-corrected chi connectivity index (χ1v) is 9.04.